The molecule has 0 aliphatic carbocycles. The molecule has 1 aromatic carbocycles. The maximum Gasteiger partial charge on any atom is 0.250 e. The predicted octanol–water partition coefficient (Wildman–Crippen LogP) is 2.14. The molecule has 2 N–H and O–H groups in total. The van der Waals surface area contributed by atoms with Crippen molar-refractivity contribution in [2.45, 2.75) is 26.8 Å². The molecule has 1 aromatic heterocycles. The van der Waals surface area contributed by atoms with Crippen molar-refractivity contribution in [3.63, 3.8) is 0 Å². The van der Waals surface area contributed by atoms with Gasteiger partial charge in [-0.15, -0.1) is 0 Å². The lowest BCUT2D eigenvalue weighted by molar-refractivity contribution is -0.117. The molecular formula is C17H19N3O3. The summed E-state index contributed by atoms with van der Waals surface area (Å²) in [4.78, 5) is 35.2. The summed E-state index contributed by atoms with van der Waals surface area (Å²) < 4.78 is 1.33. The summed E-state index contributed by atoms with van der Waals surface area (Å²) in [6.07, 6.45) is 1.94. The van der Waals surface area contributed by atoms with Gasteiger partial charge < -0.3 is 15.2 Å². The fourth-order valence-electron chi connectivity index (χ4n) is 2.02. The molecule has 0 fully saturated rings. The van der Waals surface area contributed by atoms with Gasteiger partial charge in [0.15, 0.2) is 0 Å². The second-order valence-corrected chi connectivity index (χ2v) is 5.15. The molecule has 2 aromatic rings. The number of nitrogens with one attached hydrogen (secondary N) is 2. The van der Waals surface area contributed by atoms with Crippen LogP contribution in [-0.4, -0.2) is 16.4 Å². The van der Waals surface area contributed by atoms with Crippen LogP contribution in [0.4, 0.5) is 11.4 Å². The summed E-state index contributed by atoms with van der Waals surface area (Å²) in [5.74, 6) is -0.401. The summed E-state index contributed by atoms with van der Waals surface area (Å²) in [7, 11) is 0. The molecule has 0 bridgehead atoms. The van der Waals surface area contributed by atoms with Crippen LogP contribution in [-0.2, 0) is 16.1 Å². The van der Waals surface area contributed by atoms with E-state index in [-0.39, 0.29) is 23.9 Å². The number of hydrogen-bond donors (Lipinski definition) is 2. The van der Waals surface area contributed by atoms with Gasteiger partial charge in [-0.25, -0.2) is 0 Å². The van der Waals surface area contributed by atoms with E-state index in [1.807, 2.05) is 13.0 Å². The van der Waals surface area contributed by atoms with Crippen LogP contribution in [0.3, 0.4) is 0 Å². The van der Waals surface area contributed by atoms with Crippen LogP contribution in [0.25, 0.3) is 0 Å². The smallest absolute Gasteiger partial charge is 0.250 e. The number of rotatable bonds is 5. The predicted molar refractivity (Wildman–Crippen MR) is 89.4 cm³/mol. The molecule has 2 amide bonds. The van der Waals surface area contributed by atoms with Crippen molar-refractivity contribution < 1.29 is 9.59 Å². The molecule has 1 heterocycles. The Morgan fingerprint density at radius 3 is 2.57 bits per heavy atom. The first kappa shape index (κ1) is 16.5. The first-order chi connectivity index (χ1) is 11.0. The molecule has 0 saturated carbocycles. The van der Waals surface area contributed by atoms with Gasteiger partial charge in [-0.1, -0.05) is 19.1 Å². The van der Waals surface area contributed by atoms with Gasteiger partial charge >= 0.3 is 0 Å². The Bertz CT molecular complexity index is 781. The number of benzene rings is 1. The third-order valence-electron chi connectivity index (χ3n) is 3.33. The highest BCUT2D eigenvalue weighted by Gasteiger charge is 2.08. The van der Waals surface area contributed by atoms with Gasteiger partial charge in [0.2, 0.25) is 11.8 Å². The second-order valence-electron chi connectivity index (χ2n) is 5.15. The van der Waals surface area contributed by atoms with Gasteiger partial charge in [0.1, 0.15) is 6.54 Å². The lowest BCUT2D eigenvalue weighted by Crippen LogP contribution is -2.26. The van der Waals surface area contributed by atoms with Crippen molar-refractivity contribution in [1.82, 2.24) is 4.57 Å². The maximum atomic E-state index is 12.1. The quantitative estimate of drug-likeness (QED) is 0.887. The molecule has 2 rings (SSSR count). The molecule has 120 valence electrons. The third kappa shape index (κ3) is 4.54. The first-order valence-electron chi connectivity index (χ1n) is 7.35. The van der Waals surface area contributed by atoms with Gasteiger partial charge in [-0.3, -0.25) is 14.4 Å². The Balaban J connectivity index is 2.11. The molecule has 6 heteroatoms. The fraction of sp³-hybridized carbons (Fsp3) is 0.235. The maximum absolute atomic E-state index is 12.1. The summed E-state index contributed by atoms with van der Waals surface area (Å²) in [6.45, 7) is 3.56. The van der Waals surface area contributed by atoms with Crippen molar-refractivity contribution >= 4 is 23.2 Å². The summed E-state index contributed by atoms with van der Waals surface area (Å²) >= 11 is 0. The van der Waals surface area contributed by atoms with Crippen molar-refractivity contribution in [2.75, 3.05) is 10.6 Å². The fourth-order valence-corrected chi connectivity index (χ4v) is 2.02. The van der Waals surface area contributed by atoms with E-state index in [9.17, 15) is 14.4 Å². The largest absolute Gasteiger partial charge is 0.326 e. The minimum absolute atomic E-state index is 0.0648. The van der Waals surface area contributed by atoms with Crippen molar-refractivity contribution in [1.29, 1.82) is 0 Å². The number of anilines is 2. The van der Waals surface area contributed by atoms with E-state index in [1.165, 1.54) is 10.6 Å². The van der Waals surface area contributed by atoms with E-state index in [2.05, 4.69) is 10.6 Å². The number of aryl methyl sites for hydroxylation is 1. The Hall–Kier alpha value is -2.89. The highest BCUT2D eigenvalue weighted by Crippen LogP contribution is 2.20. The lowest BCUT2D eigenvalue weighted by Gasteiger charge is -2.12. The zero-order valence-corrected chi connectivity index (χ0v) is 13.1. The zero-order valence-electron chi connectivity index (χ0n) is 13.1. The first-order valence-corrected chi connectivity index (χ1v) is 7.35. The van der Waals surface area contributed by atoms with Crippen molar-refractivity contribution in [3.8, 4) is 0 Å². The number of aromatic nitrogens is 1. The molecule has 0 unspecified atom stereocenters. The van der Waals surface area contributed by atoms with E-state index in [1.54, 1.807) is 37.4 Å². The molecule has 0 aliphatic heterocycles. The Morgan fingerprint density at radius 2 is 1.87 bits per heavy atom. The molecule has 0 aliphatic rings. The molecule has 0 atom stereocenters. The number of pyridine rings is 1. The number of carbonyl (C=O) groups is 2. The topological polar surface area (TPSA) is 80.2 Å². The molecule has 23 heavy (non-hydrogen) atoms. The third-order valence-corrected chi connectivity index (χ3v) is 3.33. The van der Waals surface area contributed by atoms with Gasteiger partial charge in [0.25, 0.3) is 5.56 Å². The van der Waals surface area contributed by atoms with E-state index in [0.29, 0.717) is 17.8 Å². The minimum atomic E-state index is -0.305. The number of amides is 2. The summed E-state index contributed by atoms with van der Waals surface area (Å²) in [5.41, 5.74) is 1.86. The Labute approximate surface area is 134 Å². The average molecular weight is 313 g/mol. The molecule has 6 nitrogen and oxygen atoms in total. The monoisotopic (exact) mass is 313 g/mol. The SMILES string of the molecule is CCC(=O)Nc1ccc(C)c(NC(=O)Cn2ccccc2=O)c1. The lowest BCUT2D eigenvalue weighted by atomic mass is 10.1. The van der Waals surface area contributed by atoms with E-state index < -0.39 is 0 Å². The standard InChI is InChI=1S/C17H19N3O3/c1-3-15(21)18-13-8-7-12(2)14(10-13)19-16(22)11-20-9-5-4-6-17(20)23/h4-10H,3,11H2,1-2H3,(H,18,21)(H,19,22). The van der Waals surface area contributed by atoms with Crippen molar-refractivity contribution in [2.24, 2.45) is 0 Å². The normalized spacial score (nSPS) is 10.2. The molecule has 0 radical (unpaired) electrons. The van der Waals surface area contributed by atoms with Crippen LogP contribution in [0.1, 0.15) is 18.9 Å². The van der Waals surface area contributed by atoms with Crippen LogP contribution < -0.4 is 16.2 Å². The van der Waals surface area contributed by atoms with Crippen LogP contribution in [0.5, 0.6) is 0 Å². The second kappa shape index (κ2) is 7.40. The average Bonchev–Trinajstić information content (AvgIpc) is 2.52. The number of hydrogen-bond acceptors (Lipinski definition) is 3. The Morgan fingerprint density at radius 1 is 1.09 bits per heavy atom. The molecule has 0 spiro atoms. The van der Waals surface area contributed by atoms with Gasteiger partial charge in [0.05, 0.1) is 0 Å². The number of nitrogens with zero attached hydrogens (tertiary/aromatic N) is 1. The van der Waals surface area contributed by atoms with Crippen molar-refractivity contribution in [3.05, 3.63) is 58.5 Å². The highest BCUT2D eigenvalue weighted by atomic mass is 16.2. The highest BCUT2D eigenvalue weighted by molar-refractivity contribution is 5.94. The van der Waals surface area contributed by atoms with Gasteiger partial charge in [-0.05, 0) is 30.7 Å². The van der Waals surface area contributed by atoms with Crippen LogP contribution in [0.2, 0.25) is 0 Å². The van der Waals surface area contributed by atoms with Gasteiger partial charge in [-0.2, -0.15) is 0 Å². The van der Waals surface area contributed by atoms with Gasteiger partial charge in [0, 0.05) is 30.1 Å². The molecular weight excluding hydrogens is 294 g/mol. The van der Waals surface area contributed by atoms with E-state index in [4.69, 9.17) is 0 Å². The van der Waals surface area contributed by atoms with E-state index >= 15 is 0 Å². The zero-order chi connectivity index (χ0) is 16.8. The Kier molecular flexibility index (Phi) is 5.30. The minimum Gasteiger partial charge on any atom is -0.326 e. The van der Waals surface area contributed by atoms with E-state index in [0.717, 1.165) is 5.56 Å². The number of carbonyl (C=O) groups excluding carboxylic acids is 2. The van der Waals surface area contributed by atoms with Crippen LogP contribution in [0, 0.1) is 6.92 Å². The van der Waals surface area contributed by atoms with Crippen LogP contribution >= 0.6 is 0 Å². The molecule has 0 saturated heterocycles. The summed E-state index contributed by atoms with van der Waals surface area (Å²) in [6, 6.07) is 10.0. The summed E-state index contributed by atoms with van der Waals surface area (Å²) in [5, 5.41) is 5.51. The van der Waals surface area contributed by atoms with Crippen LogP contribution in [0.15, 0.2) is 47.4 Å².